The van der Waals surface area contributed by atoms with E-state index >= 15 is 0 Å². The highest BCUT2D eigenvalue weighted by molar-refractivity contribution is 7.81. The van der Waals surface area contributed by atoms with Crippen molar-refractivity contribution in [3.8, 4) is 0 Å². The fourth-order valence-electron chi connectivity index (χ4n) is 1.08. The van der Waals surface area contributed by atoms with Gasteiger partial charge in [-0.2, -0.15) is 0 Å². The normalized spacial score (nSPS) is 11.1. The van der Waals surface area contributed by atoms with Crippen molar-refractivity contribution >= 4 is 72.8 Å². The molecule has 0 atom stereocenters. The minimum atomic E-state index is -2.94. The third-order valence-electron chi connectivity index (χ3n) is 1.89. The van der Waals surface area contributed by atoms with E-state index in [2.05, 4.69) is 0 Å². The van der Waals surface area contributed by atoms with Crippen molar-refractivity contribution < 1.29 is 4.57 Å². The largest absolute Gasteiger partial charge is 0.564 e. The van der Waals surface area contributed by atoms with Gasteiger partial charge < -0.3 is 40.2 Å². The quantitative estimate of drug-likeness (QED) is 0.519. The molecule has 0 aliphatic heterocycles. The van der Waals surface area contributed by atoms with Crippen LogP contribution in [-0.4, -0.2) is 14.0 Å². The number of hydrogen-bond acceptors (Lipinski definition) is 0. The smallest absolute Gasteiger partial charge is 0.391 e. The Kier molecular flexibility index (Phi) is 7.83. The highest BCUT2D eigenvalue weighted by Crippen LogP contribution is 2.23. The van der Waals surface area contributed by atoms with Crippen molar-refractivity contribution in [3.05, 3.63) is 16.1 Å². The van der Waals surface area contributed by atoms with E-state index in [4.69, 9.17) is 63.4 Å². The van der Waals surface area contributed by atoms with Gasteiger partial charge in [-0.15, -0.1) is 0 Å². The van der Waals surface area contributed by atoms with Gasteiger partial charge in [0.1, 0.15) is 0 Å². The number of hydrogen-bond donors (Lipinski definition) is 0. The average Bonchev–Trinajstić information content (AvgIpc) is 2.29. The number of nitrogens with zero attached hydrogens (tertiary/aromatic N) is 2. The molecule has 0 radical (unpaired) electrons. The topological polar surface area (TPSA) is 8.81 Å². The second-order valence-corrected chi connectivity index (χ2v) is 16.5. The molecule has 0 saturated heterocycles. The van der Waals surface area contributed by atoms with Crippen LogP contribution in [0.5, 0.6) is 0 Å². The standard InChI is InChI=1S/C7H11Cl2N2.Al.4ClH/c1-4-11-5(2)10(3)6(8)7(11)9;;;;;/h4H2,1-3H3;;4*1H/q+1;+3;;;;/p-4. The van der Waals surface area contributed by atoms with Crippen LogP contribution in [0, 0.1) is 6.92 Å². The molecular weight excluding hydrogens is 352 g/mol. The van der Waals surface area contributed by atoms with Crippen LogP contribution < -0.4 is 4.57 Å². The van der Waals surface area contributed by atoms with Gasteiger partial charge in [0.15, 0.2) is 0 Å². The summed E-state index contributed by atoms with van der Waals surface area (Å²) in [7, 11) is 18.9. The van der Waals surface area contributed by atoms with Crippen molar-refractivity contribution in [2.75, 3.05) is 0 Å². The summed E-state index contributed by atoms with van der Waals surface area (Å²) >= 11 is 11.8. The summed E-state index contributed by atoms with van der Waals surface area (Å²) in [4.78, 5) is 0. The van der Waals surface area contributed by atoms with Crippen LogP contribution in [0.25, 0.3) is 0 Å². The number of halogens is 6. The SMILES string of the molecule is CCn1c(Cl)c(Cl)[n+](C)c1C.[Cl][Al-]([Cl])([Cl])[Cl]. The van der Waals surface area contributed by atoms with Crippen LogP contribution in [0.3, 0.4) is 0 Å². The summed E-state index contributed by atoms with van der Waals surface area (Å²) in [5, 5.41) is 1.22. The van der Waals surface area contributed by atoms with Gasteiger partial charge in [0, 0.05) is 6.92 Å². The van der Waals surface area contributed by atoms with E-state index in [1.165, 1.54) is 0 Å². The predicted molar refractivity (Wildman–Crippen MR) is 75.2 cm³/mol. The van der Waals surface area contributed by atoms with Gasteiger partial charge in [0.05, 0.1) is 13.6 Å². The molecular formula is C7H11AlCl6N2. The summed E-state index contributed by atoms with van der Waals surface area (Å²) in [6, 6.07) is 0. The van der Waals surface area contributed by atoms with Crippen LogP contribution >= 0.6 is 63.4 Å². The molecule has 0 spiro atoms. The first-order valence-corrected chi connectivity index (χ1v) is 12.1. The molecule has 0 unspecified atom stereocenters. The molecule has 0 N–H and O–H groups in total. The Bertz CT molecular complexity index is 327. The maximum absolute atomic E-state index is 5.93. The van der Waals surface area contributed by atoms with E-state index in [-0.39, 0.29) is 0 Å². The summed E-state index contributed by atoms with van der Waals surface area (Å²) in [6.07, 6.45) is 0. The Morgan fingerprint density at radius 2 is 1.56 bits per heavy atom. The molecule has 16 heavy (non-hydrogen) atoms. The molecule has 9 heteroatoms. The summed E-state index contributed by atoms with van der Waals surface area (Å²) in [6.45, 7) is 4.88. The maximum atomic E-state index is 5.93. The van der Waals surface area contributed by atoms with E-state index in [9.17, 15) is 0 Å². The summed E-state index contributed by atoms with van der Waals surface area (Å²) in [5.74, 6) is 1.07. The highest BCUT2D eigenvalue weighted by Gasteiger charge is 2.21. The lowest BCUT2D eigenvalue weighted by atomic mass is 10.6. The molecule has 1 aromatic heterocycles. The molecule has 1 rings (SSSR count). The van der Waals surface area contributed by atoms with Crippen LogP contribution in [0.1, 0.15) is 12.7 Å². The van der Waals surface area contributed by atoms with Crippen LogP contribution in [0.15, 0.2) is 0 Å². The predicted octanol–water partition coefficient (Wildman–Crippen LogP) is 4.32. The Hall–Kier alpha value is 1.48. The molecule has 2 nitrogen and oxygen atoms in total. The van der Waals surface area contributed by atoms with Gasteiger partial charge in [0.2, 0.25) is 0 Å². The second-order valence-electron chi connectivity index (χ2n) is 2.93. The maximum Gasteiger partial charge on any atom is 0.564 e. The molecule has 0 aliphatic rings. The van der Waals surface area contributed by atoms with Crippen LogP contribution in [-0.2, 0) is 13.6 Å². The van der Waals surface area contributed by atoms with Gasteiger partial charge in [0.25, 0.3) is 16.1 Å². The Labute approximate surface area is 124 Å². The molecule has 0 amide bonds. The molecule has 94 valence electrons. The van der Waals surface area contributed by atoms with Crippen molar-refractivity contribution in [3.63, 3.8) is 0 Å². The molecule has 0 aliphatic carbocycles. The minimum absolute atomic E-state index is 0.603. The Balaban J connectivity index is 0.000000385. The van der Waals surface area contributed by atoms with Crippen LogP contribution in [0.2, 0.25) is 10.3 Å². The molecule has 0 fully saturated rings. The first-order valence-electron chi connectivity index (χ1n) is 4.37. The zero-order valence-electron chi connectivity index (χ0n) is 8.95. The second kappa shape index (κ2) is 7.16. The fraction of sp³-hybridized carbons (Fsp3) is 0.571. The molecule has 1 heterocycles. The number of imidazole rings is 1. The lowest BCUT2D eigenvalue weighted by Crippen LogP contribution is -2.31. The van der Waals surface area contributed by atoms with E-state index in [1.807, 2.05) is 30.0 Å². The highest BCUT2D eigenvalue weighted by atomic mass is 35.9. The third kappa shape index (κ3) is 5.89. The van der Waals surface area contributed by atoms with E-state index in [0.717, 1.165) is 12.4 Å². The lowest BCUT2D eigenvalue weighted by molar-refractivity contribution is -0.675. The van der Waals surface area contributed by atoms with Gasteiger partial charge in [-0.1, -0.05) is 0 Å². The van der Waals surface area contributed by atoms with Gasteiger partial charge in [-0.25, -0.2) is 9.13 Å². The molecule has 0 aromatic carbocycles. The average molecular weight is 363 g/mol. The van der Waals surface area contributed by atoms with E-state index < -0.39 is 9.39 Å². The summed E-state index contributed by atoms with van der Waals surface area (Å²) < 4.78 is 3.83. The van der Waals surface area contributed by atoms with Crippen molar-refractivity contribution in [1.29, 1.82) is 0 Å². The lowest BCUT2D eigenvalue weighted by Gasteiger charge is -1.97. The molecule has 1 aromatic rings. The van der Waals surface area contributed by atoms with Gasteiger partial charge in [-0.3, -0.25) is 0 Å². The zero-order chi connectivity index (χ0) is 13.1. The number of aromatic nitrogens is 2. The monoisotopic (exact) mass is 360 g/mol. The molecule has 0 saturated carbocycles. The van der Waals surface area contributed by atoms with E-state index in [0.29, 0.717) is 10.3 Å². The van der Waals surface area contributed by atoms with Crippen LogP contribution in [0.4, 0.5) is 0 Å². The number of rotatable bonds is 1. The van der Waals surface area contributed by atoms with Gasteiger partial charge >= 0.3 is 9.39 Å². The first kappa shape index (κ1) is 17.5. The Morgan fingerprint density at radius 1 is 1.19 bits per heavy atom. The minimum Gasteiger partial charge on any atom is -0.391 e. The van der Waals surface area contributed by atoms with Crippen molar-refractivity contribution in [2.24, 2.45) is 7.05 Å². The van der Waals surface area contributed by atoms with E-state index in [1.54, 1.807) is 0 Å². The Morgan fingerprint density at radius 3 is 1.69 bits per heavy atom. The molecule has 0 bridgehead atoms. The fourth-order valence-corrected chi connectivity index (χ4v) is 1.68. The third-order valence-corrected chi connectivity index (χ3v) is 2.81. The zero-order valence-corrected chi connectivity index (χ0v) is 14.6. The van der Waals surface area contributed by atoms with Gasteiger partial charge in [-0.05, 0) is 30.1 Å². The van der Waals surface area contributed by atoms with Crippen molar-refractivity contribution in [2.45, 2.75) is 20.4 Å². The summed E-state index contributed by atoms with van der Waals surface area (Å²) in [5.41, 5.74) is 0. The van der Waals surface area contributed by atoms with Crippen molar-refractivity contribution in [1.82, 2.24) is 4.57 Å². The first-order chi connectivity index (χ1) is 7.09.